The van der Waals surface area contributed by atoms with Gasteiger partial charge in [0.1, 0.15) is 0 Å². The van der Waals surface area contributed by atoms with Crippen molar-refractivity contribution in [2.24, 2.45) is 0 Å². The van der Waals surface area contributed by atoms with E-state index in [4.69, 9.17) is 0 Å². The number of nitrogens with one attached hydrogen (secondary N) is 1. The molecule has 2 rings (SSSR count). The summed E-state index contributed by atoms with van der Waals surface area (Å²) < 4.78 is 0. The maximum atomic E-state index is 4.66. The monoisotopic (exact) mass is 176 g/mol. The van der Waals surface area contributed by atoms with E-state index in [-0.39, 0.29) is 0 Å². The summed E-state index contributed by atoms with van der Waals surface area (Å²) in [6, 6.07) is 4.38. The highest BCUT2D eigenvalue weighted by molar-refractivity contribution is 5.25. The molecule has 0 radical (unpaired) electrons. The second kappa shape index (κ2) is 3.88. The maximum absolute atomic E-state index is 4.66. The van der Waals surface area contributed by atoms with Crippen molar-refractivity contribution in [2.45, 2.75) is 32.7 Å². The second-order valence-electron chi connectivity index (χ2n) is 3.59. The van der Waals surface area contributed by atoms with Crippen LogP contribution in [0.1, 0.15) is 30.3 Å². The summed E-state index contributed by atoms with van der Waals surface area (Å²) in [7, 11) is 0. The van der Waals surface area contributed by atoms with Crippen LogP contribution in [-0.2, 0) is 19.4 Å². The Morgan fingerprint density at radius 2 is 2.38 bits per heavy atom. The summed E-state index contributed by atoms with van der Waals surface area (Å²) in [6.45, 7) is 4.27. The van der Waals surface area contributed by atoms with E-state index in [0.717, 1.165) is 25.9 Å². The van der Waals surface area contributed by atoms with E-state index < -0.39 is 0 Å². The first-order valence-corrected chi connectivity index (χ1v) is 5.08. The van der Waals surface area contributed by atoms with Crippen molar-refractivity contribution < 1.29 is 0 Å². The quantitative estimate of drug-likeness (QED) is 0.741. The molecule has 0 atom stereocenters. The summed E-state index contributed by atoms with van der Waals surface area (Å²) in [5, 5.41) is 3.35. The molecule has 0 fully saturated rings. The van der Waals surface area contributed by atoms with Crippen LogP contribution >= 0.6 is 0 Å². The van der Waals surface area contributed by atoms with E-state index in [1.807, 2.05) is 0 Å². The van der Waals surface area contributed by atoms with Gasteiger partial charge in [-0.1, -0.05) is 19.4 Å². The number of aryl methyl sites for hydroxylation is 1. The molecule has 1 aromatic heterocycles. The molecule has 1 aliphatic heterocycles. The predicted molar refractivity (Wildman–Crippen MR) is 53.6 cm³/mol. The topological polar surface area (TPSA) is 24.9 Å². The fourth-order valence-electron chi connectivity index (χ4n) is 1.78. The van der Waals surface area contributed by atoms with Gasteiger partial charge in [0.2, 0.25) is 0 Å². The molecule has 0 aromatic carbocycles. The van der Waals surface area contributed by atoms with Gasteiger partial charge in [0.05, 0.1) is 0 Å². The number of fused-ring (bicyclic) bond motifs is 1. The van der Waals surface area contributed by atoms with Gasteiger partial charge in [-0.05, 0) is 18.1 Å². The van der Waals surface area contributed by atoms with E-state index in [1.165, 1.54) is 23.4 Å². The maximum Gasteiger partial charge on any atom is 0.0464 e. The molecule has 0 saturated carbocycles. The number of aromatic nitrogens is 1. The van der Waals surface area contributed by atoms with Crippen LogP contribution in [0.25, 0.3) is 0 Å². The van der Waals surface area contributed by atoms with Crippen LogP contribution < -0.4 is 5.32 Å². The molecular formula is C11H16N2. The van der Waals surface area contributed by atoms with E-state index in [0.29, 0.717) is 0 Å². The van der Waals surface area contributed by atoms with Crippen molar-refractivity contribution in [3.8, 4) is 0 Å². The largest absolute Gasteiger partial charge is 0.312 e. The predicted octanol–water partition coefficient (Wildman–Crippen LogP) is 1.68. The van der Waals surface area contributed by atoms with Crippen LogP contribution in [0, 0.1) is 0 Å². The van der Waals surface area contributed by atoms with Crippen LogP contribution in [0.4, 0.5) is 0 Å². The van der Waals surface area contributed by atoms with Crippen LogP contribution in [0.3, 0.4) is 0 Å². The second-order valence-corrected chi connectivity index (χ2v) is 3.59. The zero-order valence-electron chi connectivity index (χ0n) is 8.14. The Balaban J connectivity index is 2.24. The number of hydrogen-bond donors (Lipinski definition) is 1. The first-order valence-electron chi connectivity index (χ1n) is 5.08. The average Bonchev–Trinajstić information content (AvgIpc) is 2.18. The molecule has 1 N–H and O–H groups in total. The van der Waals surface area contributed by atoms with Gasteiger partial charge in [0.15, 0.2) is 0 Å². The first-order chi connectivity index (χ1) is 6.40. The Labute approximate surface area is 79.4 Å². The van der Waals surface area contributed by atoms with Gasteiger partial charge < -0.3 is 5.32 Å². The zero-order valence-corrected chi connectivity index (χ0v) is 8.14. The first kappa shape index (κ1) is 8.70. The number of pyridine rings is 1. The zero-order chi connectivity index (χ0) is 9.10. The van der Waals surface area contributed by atoms with Crippen molar-refractivity contribution in [3.63, 3.8) is 0 Å². The molecule has 13 heavy (non-hydrogen) atoms. The van der Waals surface area contributed by atoms with E-state index in [1.54, 1.807) is 0 Å². The lowest BCUT2D eigenvalue weighted by atomic mass is 10.1. The molecule has 0 spiro atoms. The van der Waals surface area contributed by atoms with Gasteiger partial charge in [-0.2, -0.15) is 0 Å². The molecule has 0 amide bonds. The van der Waals surface area contributed by atoms with Gasteiger partial charge in [-0.25, -0.2) is 0 Å². The molecule has 2 heterocycles. The summed E-state index contributed by atoms with van der Waals surface area (Å²) in [4.78, 5) is 4.66. The van der Waals surface area contributed by atoms with Crippen molar-refractivity contribution in [3.05, 3.63) is 29.1 Å². The van der Waals surface area contributed by atoms with E-state index in [9.17, 15) is 0 Å². The Kier molecular flexibility index (Phi) is 2.60. The van der Waals surface area contributed by atoms with Crippen molar-refractivity contribution in [2.75, 3.05) is 6.54 Å². The van der Waals surface area contributed by atoms with Crippen LogP contribution in [0.5, 0.6) is 0 Å². The third-order valence-corrected chi connectivity index (χ3v) is 2.49. The number of nitrogens with zero attached hydrogens (tertiary/aromatic N) is 1. The highest BCUT2D eigenvalue weighted by Gasteiger charge is 2.09. The Morgan fingerprint density at radius 3 is 3.23 bits per heavy atom. The highest BCUT2D eigenvalue weighted by Crippen LogP contribution is 2.12. The molecule has 1 aliphatic rings. The lowest BCUT2D eigenvalue weighted by Crippen LogP contribution is -2.24. The van der Waals surface area contributed by atoms with Gasteiger partial charge in [-0.3, -0.25) is 4.98 Å². The smallest absolute Gasteiger partial charge is 0.0464 e. The average molecular weight is 176 g/mol. The summed E-state index contributed by atoms with van der Waals surface area (Å²) in [6.07, 6.45) is 3.39. The minimum atomic E-state index is 0.995. The molecule has 1 aromatic rings. The SMILES string of the molecule is CCCc1ccc2c(n1)CCNC2. The standard InChI is InChI=1S/C11H16N2/c1-2-3-10-5-4-9-8-12-7-6-11(9)13-10/h4-5,12H,2-3,6-8H2,1H3. The van der Waals surface area contributed by atoms with E-state index in [2.05, 4.69) is 29.4 Å². The molecule has 0 saturated heterocycles. The molecule has 0 bridgehead atoms. The van der Waals surface area contributed by atoms with Gasteiger partial charge in [0.25, 0.3) is 0 Å². The van der Waals surface area contributed by atoms with Crippen LogP contribution in [0.2, 0.25) is 0 Å². The Bertz CT molecular complexity index is 294. The van der Waals surface area contributed by atoms with E-state index >= 15 is 0 Å². The molecule has 0 unspecified atom stereocenters. The summed E-state index contributed by atoms with van der Waals surface area (Å²) >= 11 is 0. The lowest BCUT2D eigenvalue weighted by molar-refractivity contribution is 0.626. The highest BCUT2D eigenvalue weighted by atomic mass is 14.9. The molecular weight excluding hydrogens is 160 g/mol. The fraction of sp³-hybridized carbons (Fsp3) is 0.545. The number of hydrogen-bond acceptors (Lipinski definition) is 2. The van der Waals surface area contributed by atoms with Crippen LogP contribution in [0.15, 0.2) is 12.1 Å². The van der Waals surface area contributed by atoms with Crippen molar-refractivity contribution in [1.29, 1.82) is 0 Å². The number of rotatable bonds is 2. The minimum Gasteiger partial charge on any atom is -0.312 e. The van der Waals surface area contributed by atoms with Crippen molar-refractivity contribution >= 4 is 0 Å². The Morgan fingerprint density at radius 1 is 1.46 bits per heavy atom. The normalized spacial score (nSPS) is 15.5. The molecule has 70 valence electrons. The third kappa shape index (κ3) is 1.89. The fourth-order valence-corrected chi connectivity index (χ4v) is 1.78. The Hall–Kier alpha value is -0.890. The molecule has 2 nitrogen and oxygen atoms in total. The van der Waals surface area contributed by atoms with Crippen molar-refractivity contribution in [1.82, 2.24) is 10.3 Å². The van der Waals surface area contributed by atoms with Gasteiger partial charge in [-0.15, -0.1) is 0 Å². The third-order valence-electron chi connectivity index (χ3n) is 2.49. The lowest BCUT2D eigenvalue weighted by Gasteiger charge is -2.16. The minimum absolute atomic E-state index is 0.995. The van der Waals surface area contributed by atoms with Gasteiger partial charge in [0, 0.05) is 30.9 Å². The van der Waals surface area contributed by atoms with Gasteiger partial charge >= 0.3 is 0 Å². The molecule has 0 aliphatic carbocycles. The molecule has 2 heteroatoms. The van der Waals surface area contributed by atoms with Crippen LogP contribution in [-0.4, -0.2) is 11.5 Å². The summed E-state index contributed by atoms with van der Waals surface area (Å²) in [5.41, 5.74) is 3.94. The summed E-state index contributed by atoms with van der Waals surface area (Å²) in [5.74, 6) is 0.